The van der Waals surface area contributed by atoms with Gasteiger partial charge in [0.1, 0.15) is 5.54 Å². The number of rotatable bonds is 1. The number of hydrogen-bond acceptors (Lipinski definition) is 2. The van der Waals surface area contributed by atoms with E-state index in [0.29, 0.717) is 11.6 Å². The molecular formula is C11H12BrClN2O. The molecule has 0 aliphatic carbocycles. The van der Waals surface area contributed by atoms with E-state index in [0.717, 1.165) is 16.6 Å². The number of amides is 1. The third-order valence-corrected chi connectivity index (χ3v) is 3.62. The van der Waals surface area contributed by atoms with E-state index in [1.54, 1.807) is 6.07 Å². The lowest BCUT2D eigenvalue weighted by Gasteiger charge is -2.34. The van der Waals surface area contributed by atoms with Gasteiger partial charge >= 0.3 is 0 Å². The van der Waals surface area contributed by atoms with Crippen molar-refractivity contribution in [2.45, 2.75) is 12.5 Å². The molecule has 86 valence electrons. The molecule has 5 heteroatoms. The number of nitrogens with one attached hydrogen (secondary N) is 2. The maximum Gasteiger partial charge on any atom is 0.244 e. The van der Waals surface area contributed by atoms with Crippen LogP contribution >= 0.6 is 27.5 Å². The summed E-state index contributed by atoms with van der Waals surface area (Å²) < 4.78 is 0.904. The Morgan fingerprint density at radius 1 is 1.44 bits per heavy atom. The minimum absolute atomic E-state index is 0.0389. The normalized spacial score (nSPS) is 25.3. The minimum Gasteiger partial charge on any atom is -0.353 e. The molecule has 2 N–H and O–H groups in total. The molecule has 1 fully saturated rings. The number of hydrogen-bond donors (Lipinski definition) is 2. The van der Waals surface area contributed by atoms with Crippen molar-refractivity contribution in [1.82, 2.24) is 10.6 Å². The fraction of sp³-hybridized carbons (Fsp3) is 0.364. The van der Waals surface area contributed by atoms with Crippen LogP contribution in [0.15, 0.2) is 22.7 Å². The van der Waals surface area contributed by atoms with E-state index in [2.05, 4.69) is 26.6 Å². The van der Waals surface area contributed by atoms with Crippen LogP contribution in [0.3, 0.4) is 0 Å². The van der Waals surface area contributed by atoms with Crippen molar-refractivity contribution < 1.29 is 4.79 Å². The monoisotopic (exact) mass is 302 g/mol. The van der Waals surface area contributed by atoms with Crippen molar-refractivity contribution in [2.75, 3.05) is 13.1 Å². The van der Waals surface area contributed by atoms with Gasteiger partial charge in [0, 0.05) is 22.6 Å². The smallest absolute Gasteiger partial charge is 0.244 e. The molecule has 0 aromatic heterocycles. The SMILES string of the molecule is CC1(c2ccc(Br)cc2Cl)NCCNC1=O. The van der Waals surface area contributed by atoms with Crippen molar-refractivity contribution in [2.24, 2.45) is 0 Å². The van der Waals surface area contributed by atoms with Gasteiger partial charge in [-0.3, -0.25) is 10.1 Å². The molecule has 1 aromatic carbocycles. The van der Waals surface area contributed by atoms with Crippen molar-refractivity contribution >= 4 is 33.4 Å². The highest BCUT2D eigenvalue weighted by molar-refractivity contribution is 9.10. The molecule has 1 saturated heterocycles. The minimum atomic E-state index is -0.740. The van der Waals surface area contributed by atoms with Crippen LogP contribution in [-0.2, 0) is 10.3 Å². The third kappa shape index (κ3) is 1.97. The van der Waals surface area contributed by atoms with Crippen LogP contribution in [0.2, 0.25) is 5.02 Å². The summed E-state index contributed by atoms with van der Waals surface area (Å²) in [7, 11) is 0. The number of carbonyl (C=O) groups is 1. The van der Waals surface area contributed by atoms with Gasteiger partial charge in [-0.05, 0) is 24.6 Å². The van der Waals surface area contributed by atoms with Gasteiger partial charge in [-0.15, -0.1) is 0 Å². The van der Waals surface area contributed by atoms with Gasteiger partial charge in [-0.25, -0.2) is 0 Å². The maximum absolute atomic E-state index is 11.9. The summed E-state index contributed by atoms with van der Waals surface area (Å²) in [5.41, 5.74) is 0.0605. The van der Waals surface area contributed by atoms with Crippen LogP contribution in [0.1, 0.15) is 12.5 Å². The number of piperazine rings is 1. The second-order valence-electron chi connectivity index (χ2n) is 3.93. The predicted molar refractivity (Wildman–Crippen MR) is 67.5 cm³/mol. The molecule has 1 unspecified atom stereocenters. The first-order valence-corrected chi connectivity index (χ1v) is 6.20. The van der Waals surface area contributed by atoms with Crippen LogP contribution in [-0.4, -0.2) is 19.0 Å². The highest BCUT2D eigenvalue weighted by Crippen LogP contribution is 2.31. The fourth-order valence-corrected chi connectivity index (χ4v) is 2.72. The van der Waals surface area contributed by atoms with Crippen LogP contribution in [0.4, 0.5) is 0 Å². The standard InChI is InChI=1S/C11H12BrClN2O/c1-11(10(16)14-4-5-15-11)8-3-2-7(12)6-9(8)13/h2-3,6,15H,4-5H2,1H3,(H,14,16). The van der Waals surface area contributed by atoms with Crippen LogP contribution in [0.5, 0.6) is 0 Å². The van der Waals surface area contributed by atoms with Gasteiger partial charge < -0.3 is 5.32 Å². The fourth-order valence-electron chi connectivity index (χ4n) is 1.86. The summed E-state index contributed by atoms with van der Waals surface area (Å²) in [6, 6.07) is 5.55. The lowest BCUT2D eigenvalue weighted by Crippen LogP contribution is -2.59. The number of halogens is 2. The van der Waals surface area contributed by atoms with Crippen molar-refractivity contribution in [3.63, 3.8) is 0 Å². The van der Waals surface area contributed by atoms with E-state index in [9.17, 15) is 4.79 Å². The topological polar surface area (TPSA) is 41.1 Å². The highest BCUT2D eigenvalue weighted by atomic mass is 79.9. The molecule has 2 rings (SSSR count). The van der Waals surface area contributed by atoms with Gasteiger partial charge in [-0.2, -0.15) is 0 Å². The molecule has 1 heterocycles. The first-order chi connectivity index (χ1) is 7.54. The average molecular weight is 304 g/mol. The van der Waals surface area contributed by atoms with E-state index in [4.69, 9.17) is 11.6 Å². The van der Waals surface area contributed by atoms with E-state index in [1.165, 1.54) is 0 Å². The summed E-state index contributed by atoms with van der Waals surface area (Å²) in [4.78, 5) is 11.9. The van der Waals surface area contributed by atoms with Crippen molar-refractivity contribution in [1.29, 1.82) is 0 Å². The molecule has 1 aliphatic heterocycles. The van der Waals surface area contributed by atoms with E-state index in [-0.39, 0.29) is 5.91 Å². The summed E-state index contributed by atoms with van der Waals surface area (Å²) >= 11 is 9.52. The molecule has 3 nitrogen and oxygen atoms in total. The highest BCUT2D eigenvalue weighted by Gasteiger charge is 2.38. The van der Waals surface area contributed by atoms with Crippen molar-refractivity contribution in [3.8, 4) is 0 Å². The van der Waals surface area contributed by atoms with Gasteiger partial charge in [0.05, 0.1) is 0 Å². The summed E-state index contributed by atoms with van der Waals surface area (Å²) in [5.74, 6) is -0.0389. The predicted octanol–water partition coefficient (Wildman–Crippen LogP) is 2.04. The molecular weight excluding hydrogens is 291 g/mol. The Labute approximate surface area is 108 Å². The van der Waals surface area contributed by atoms with E-state index in [1.807, 2.05) is 19.1 Å². The number of benzene rings is 1. The van der Waals surface area contributed by atoms with Crippen LogP contribution in [0.25, 0.3) is 0 Å². The Balaban J connectivity index is 2.45. The zero-order chi connectivity index (χ0) is 11.8. The average Bonchev–Trinajstić information content (AvgIpc) is 2.22. The number of carbonyl (C=O) groups excluding carboxylic acids is 1. The van der Waals surface area contributed by atoms with Crippen molar-refractivity contribution in [3.05, 3.63) is 33.3 Å². The zero-order valence-electron chi connectivity index (χ0n) is 8.81. The quantitative estimate of drug-likeness (QED) is 0.833. The molecule has 1 atom stereocenters. The molecule has 0 saturated carbocycles. The molecule has 0 spiro atoms. The summed E-state index contributed by atoms with van der Waals surface area (Å²) in [6.07, 6.45) is 0. The first-order valence-electron chi connectivity index (χ1n) is 5.03. The summed E-state index contributed by atoms with van der Waals surface area (Å²) in [5, 5.41) is 6.64. The lowest BCUT2D eigenvalue weighted by molar-refractivity contribution is -0.128. The zero-order valence-corrected chi connectivity index (χ0v) is 11.2. The third-order valence-electron chi connectivity index (χ3n) is 2.81. The van der Waals surface area contributed by atoms with Gasteiger partial charge in [0.2, 0.25) is 5.91 Å². The molecule has 16 heavy (non-hydrogen) atoms. The van der Waals surface area contributed by atoms with Crippen LogP contribution in [0, 0.1) is 0 Å². The largest absolute Gasteiger partial charge is 0.353 e. The Bertz CT molecular complexity index is 438. The molecule has 1 amide bonds. The molecule has 1 aliphatic rings. The first kappa shape index (κ1) is 11.9. The molecule has 1 aromatic rings. The Hall–Kier alpha value is -0.580. The Morgan fingerprint density at radius 3 is 2.81 bits per heavy atom. The van der Waals surface area contributed by atoms with E-state index >= 15 is 0 Å². The molecule has 0 radical (unpaired) electrons. The Kier molecular flexibility index (Phi) is 3.24. The lowest BCUT2D eigenvalue weighted by atomic mass is 9.89. The van der Waals surface area contributed by atoms with Gasteiger partial charge in [0.25, 0.3) is 0 Å². The Morgan fingerprint density at radius 2 is 2.19 bits per heavy atom. The van der Waals surface area contributed by atoms with Crippen LogP contribution < -0.4 is 10.6 Å². The van der Waals surface area contributed by atoms with Gasteiger partial charge in [0.15, 0.2) is 0 Å². The van der Waals surface area contributed by atoms with Gasteiger partial charge in [-0.1, -0.05) is 33.6 Å². The second-order valence-corrected chi connectivity index (χ2v) is 5.25. The maximum atomic E-state index is 11.9. The summed E-state index contributed by atoms with van der Waals surface area (Å²) in [6.45, 7) is 3.24. The second kappa shape index (κ2) is 4.35. The van der Waals surface area contributed by atoms with E-state index < -0.39 is 5.54 Å². The molecule has 0 bridgehead atoms.